The molecule has 144 valence electrons. The zero-order chi connectivity index (χ0) is 19.5. The van der Waals surface area contributed by atoms with E-state index in [0.29, 0.717) is 18.1 Å². The molecular weight excluding hydrogens is 342 g/mol. The minimum absolute atomic E-state index is 0.137. The Morgan fingerprint density at radius 2 is 1.63 bits per heavy atom. The van der Waals surface area contributed by atoms with Crippen molar-refractivity contribution >= 4 is 17.8 Å². The monoisotopic (exact) mass is 369 g/mol. The van der Waals surface area contributed by atoms with Gasteiger partial charge in [-0.25, -0.2) is 5.43 Å². The lowest BCUT2D eigenvalue weighted by Crippen LogP contribution is -2.24. The van der Waals surface area contributed by atoms with Crippen molar-refractivity contribution in [1.82, 2.24) is 5.43 Å². The highest BCUT2D eigenvalue weighted by Crippen LogP contribution is 2.26. The maximum Gasteiger partial charge on any atom is 0.277 e. The van der Waals surface area contributed by atoms with Crippen LogP contribution >= 0.6 is 0 Å². The lowest BCUT2D eigenvalue weighted by atomic mass is 10.2. The van der Waals surface area contributed by atoms with Crippen molar-refractivity contribution in [2.45, 2.75) is 20.8 Å². The van der Waals surface area contributed by atoms with Crippen LogP contribution in [-0.4, -0.2) is 38.4 Å². The number of amides is 1. The van der Waals surface area contributed by atoms with Crippen LogP contribution in [0.4, 0.5) is 5.69 Å². The molecular formula is C21H27N3O3. The highest BCUT2D eigenvalue weighted by atomic mass is 16.5. The van der Waals surface area contributed by atoms with E-state index in [1.165, 1.54) is 5.69 Å². The minimum Gasteiger partial charge on any atom is -0.490 e. The number of nitrogens with one attached hydrogen (secondary N) is 1. The van der Waals surface area contributed by atoms with E-state index < -0.39 is 0 Å². The van der Waals surface area contributed by atoms with Gasteiger partial charge in [-0.3, -0.25) is 4.79 Å². The molecule has 6 heteroatoms. The molecule has 2 aromatic carbocycles. The summed E-state index contributed by atoms with van der Waals surface area (Å²) in [4.78, 5) is 14.2. The van der Waals surface area contributed by atoms with Crippen LogP contribution in [0.2, 0.25) is 0 Å². The van der Waals surface area contributed by atoms with Gasteiger partial charge < -0.3 is 14.4 Å². The molecule has 0 fully saturated rings. The average molecular weight is 369 g/mol. The van der Waals surface area contributed by atoms with Crippen LogP contribution in [0.25, 0.3) is 0 Å². The first kappa shape index (κ1) is 20.3. The molecule has 0 spiro atoms. The van der Waals surface area contributed by atoms with Gasteiger partial charge in [0, 0.05) is 18.8 Å². The molecule has 2 aromatic rings. The molecule has 0 aliphatic rings. The van der Waals surface area contributed by atoms with Crippen LogP contribution in [-0.2, 0) is 4.79 Å². The number of carbonyl (C=O) groups is 1. The van der Waals surface area contributed by atoms with Crippen molar-refractivity contribution in [2.75, 3.05) is 31.2 Å². The van der Waals surface area contributed by atoms with Gasteiger partial charge in [0.25, 0.3) is 5.91 Å². The van der Waals surface area contributed by atoms with Gasteiger partial charge >= 0.3 is 0 Å². The van der Waals surface area contributed by atoms with Crippen LogP contribution in [0.5, 0.6) is 11.5 Å². The van der Waals surface area contributed by atoms with Crippen LogP contribution in [0.15, 0.2) is 53.6 Å². The van der Waals surface area contributed by atoms with Gasteiger partial charge in [-0.1, -0.05) is 24.3 Å². The molecule has 27 heavy (non-hydrogen) atoms. The van der Waals surface area contributed by atoms with Crippen LogP contribution in [0.1, 0.15) is 26.3 Å². The van der Waals surface area contributed by atoms with Gasteiger partial charge in [0.1, 0.15) is 0 Å². The maximum atomic E-state index is 11.9. The number of hydrazone groups is 1. The van der Waals surface area contributed by atoms with Crippen LogP contribution in [0.3, 0.4) is 0 Å². The number of hydrogen-bond donors (Lipinski definition) is 1. The number of hydrogen-bond acceptors (Lipinski definition) is 5. The fraction of sp³-hybridized carbons (Fsp3) is 0.333. The van der Waals surface area contributed by atoms with E-state index in [1.807, 2.05) is 43.3 Å². The van der Waals surface area contributed by atoms with Gasteiger partial charge in [0.05, 0.1) is 12.8 Å². The van der Waals surface area contributed by atoms with E-state index in [9.17, 15) is 4.79 Å². The SMILES string of the molecule is CCOc1ccccc1OCC(=O)NN=Cc1ccc(N(CC)CC)cc1. The molecule has 0 radical (unpaired) electrons. The molecule has 0 heterocycles. The Labute approximate surface area is 160 Å². The van der Waals surface area contributed by atoms with Crippen molar-refractivity contribution in [3.8, 4) is 11.5 Å². The Hall–Kier alpha value is -3.02. The number of carbonyl (C=O) groups excluding carboxylic acids is 1. The summed E-state index contributed by atoms with van der Waals surface area (Å²) in [5.74, 6) is 0.812. The summed E-state index contributed by atoms with van der Waals surface area (Å²) in [5.41, 5.74) is 4.55. The molecule has 0 aromatic heterocycles. The summed E-state index contributed by atoms with van der Waals surface area (Å²) in [7, 11) is 0. The zero-order valence-corrected chi connectivity index (χ0v) is 16.1. The molecule has 2 rings (SSSR count). The third kappa shape index (κ3) is 6.33. The quantitative estimate of drug-likeness (QED) is 0.515. The molecule has 0 atom stereocenters. The largest absolute Gasteiger partial charge is 0.490 e. The van der Waals surface area contributed by atoms with Crippen molar-refractivity contribution < 1.29 is 14.3 Å². The number of ether oxygens (including phenoxy) is 2. The molecule has 6 nitrogen and oxygen atoms in total. The Morgan fingerprint density at radius 1 is 1.00 bits per heavy atom. The maximum absolute atomic E-state index is 11.9. The number of anilines is 1. The lowest BCUT2D eigenvalue weighted by Gasteiger charge is -2.20. The predicted molar refractivity (Wildman–Crippen MR) is 109 cm³/mol. The summed E-state index contributed by atoms with van der Waals surface area (Å²) < 4.78 is 11.0. The second-order valence-electron chi connectivity index (χ2n) is 5.73. The third-order valence-electron chi connectivity index (χ3n) is 3.93. The summed E-state index contributed by atoms with van der Waals surface area (Å²) in [6.07, 6.45) is 1.61. The summed E-state index contributed by atoms with van der Waals surface area (Å²) in [6.45, 7) is 8.48. The fourth-order valence-electron chi connectivity index (χ4n) is 2.56. The summed E-state index contributed by atoms with van der Waals surface area (Å²) in [6, 6.07) is 15.3. The number of rotatable bonds is 10. The molecule has 1 N–H and O–H groups in total. The number of para-hydroxylation sites is 2. The fourth-order valence-corrected chi connectivity index (χ4v) is 2.56. The van der Waals surface area contributed by atoms with Crippen molar-refractivity contribution in [3.63, 3.8) is 0 Å². The zero-order valence-electron chi connectivity index (χ0n) is 16.1. The van der Waals surface area contributed by atoms with Crippen molar-refractivity contribution in [3.05, 3.63) is 54.1 Å². The van der Waals surface area contributed by atoms with E-state index in [-0.39, 0.29) is 12.5 Å². The normalized spacial score (nSPS) is 10.6. The Balaban J connectivity index is 1.83. The first-order valence-corrected chi connectivity index (χ1v) is 9.19. The molecule has 0 saturated carbocycles. The first-order valence-electron chi connectivity index (χ1n) is 9.19. The van der Waals surface area contributed by atoms with Crippen LogP contribution < -0.4 is 19.8 Å². The topological polar surface area (TPSA) is 63.2 Å². The highest BCUT2D eigenvalue weighted by Gasteiger charge is 2.06. The predicted octanol–water partition coefficient (Wildman–Crippen LogP) is 3.46. The molecule has 0 bridgehead atoms. The van der Waals surface area contributed by atoms with Gasteiger partial charge in [0.2, 0.25) is 0 Å². The van der Waals surface area contributed by atoms with E-state index in [4.69, 9.17) is 9.47 Å². The number of nitrogens with zero attached hydrogens (tertiary/aromatic N) is 2. The van der Waals surface area contributed by atoms with Gasteiger partial charge in [0.15, 0.2) is 18.1 Å². The molecule has 0 aliphatic heterocycles. The van der Waals surface area contributed by atoms with E-state index in [0.717, 1.165) is 18.7 Å². The van der Waals surface area contributed by atoms with Gasteiger partial charge in [-0.2, -0.15) is 5.10 Å². The summed E-state index contributed by atoms with van der Waals surface area (Å²) in [5, 5.41) is 3.98. The van der Waals surface area contributed by atoms with Crippen LogP contribution in [0, 0.1) is 0 Å². The molecule has 0 saturated heterocycles. The first-order chi connectivity index (χ1) is 13.2. The molecule has 1 amide bonds. The lowest BCUT2D eigenvalue weighted by molar-refractivity contribution is -0.123. The number of benzene rings is 2. The Bertz CT molecular complexity index is 741. The smallest absolute Gasteiger partial charge is 0.277 e. The standard InChI is InChI=1S/C21H27N3O3/c1-4-24(5-2)18-13-11-17(12-14-18)15-22-23-21(25)16-27-20-10-8-7-9-19(20)26-6-3/h7-15H,4-6,16H2,1-3H3,(H,23,25). The van der Waals surface area contributed by atoms with E-state index in [1.54, 1.807) is 18.3 Å². The average Bonchev–Trinajstić information content (AvgIpc) is 2.69. The van der Waals surface area contributed by atoms with E-state index in [2.05, 4.69) is 29.3 Å². The Morgan fingerprint density at radius 3 is 2.22 bits per heavy atom. The van der Waals surface area contributed by atoms with Gasteiger partial charge in [-0.15, -0.1) is 0 Å². The second-order valence-corrected chi connectivity index (χ2v) is 5.73. The molecule has 0 aliphatic carbocycles. The highest BCUT2D eigenvalue weighted by molar-refractivity contribution is 5.83. The van der Waals surface area contributed by atoms with Crippen molar-refractivity contribution in [1.29, 1.82) is 0 Å². The van der Waals surface area contributed by atoms with Gasteiger partial charge in [-0.05, 0) is 50.6 Å². The van der Waals surface area contributed by atoms with Crippen molar-refractivity contribution in [2.24, 2.45) is 5.10 Å². The Kier molecular flexibility index (Phi) is 8.16. The second kappa shape index (κ2) is 10.9. The summed E-state index contributed by atoms with van der Waals surface area (Å²) >= 11 is 0. The third-order valence-corrected chi connectivity index (χ3v) is 3.93. The molecule has 0 unspecified atom stereocenters. The van der Waals surface area contributed by atoms with E-state index >= 15 is 0 Å². The minimum atomic E-state index is -0.336.